The summed E-state index contributed by atoms with van der Waals surface area (Å²) in [7, 11) is 1.38. The molecule has 0 fully saturated rings. The van der Waals surface area contributed by atoms with E-state index in [1.807, 2.05) is 60.7 Å². The highest BCUT2D eigenvalue weighted by atomic mass is 32.1. The van der Waals surface area contributed by atoms with Gasteiger partial charge in [0.15, 0.2) is 0 Å². The number of esters is 1. The maximum absolute atomic E-state index is 13.7. The van der Waals surface area contributed by atoms with E-state index in [4.69, 9.17) is 4.74 Å². The number of benzene rings is 3. The molecule has 2 amide bonds. The summed E-state index contributed by atoms with van der Waals surface area (Å²) in [5.41, 5.74) is 6.77. The van der Waals surface area contributed by atoms with Gasteiger partial charge in [0.05, 0.1) is 18.2 Å². The monoisotopic (exact) mass is 637 g/mol. The van der Waals surface area contributed by atoms with Gasteiger partial charge in [-0.1, -0.05) is 50.2 Å². The van der Waals surface area contributed by atoms with E-state index < -0.39 is 0 Å². The second kappa shape index (κ2) is 15.3. The van der Waals surface area contributed by atoms with Gasteiger partial charge >= 0.3 is 5.97 Å². The number of amides is 2. The lowest BCUT2D eigenvalue weighted by Crippen LogP contribution is -2.30. The highest BCUT2D eigenvalue weighted by Crippen LogP contribution is 2.39. The number of aryl methyl sites for hydroxylation is 3. The summed E-state index contributed by atoms with van der Waals surface area (Å²) in [6.07, 6.45) is 5.52. The van der Waals surface area contributed by atoms with Gasteiger partial charge in [0.2, 0.25) is 0 Å². The third kappa shape index (κ3) is 8.30. The van der Waals surface area contributed by atoms with Crippen LogP contribution in [0.25, 0.3) is 0 Å². The van der Waals surface area contributed by atoms with Crippen LogP contribution in [0.4, 0.5) is 10.7 Å². The van der Waals surface area contributed by atoms with E-state index in [1.165, 1.54) is 23.3 Å². The van der Waals surface area contributed by atoms with Crippen LogP contribution in [-0.2, 0) is 37.0 Å². The third-order valence-electron chi connectivity index (χ3n) is 8.73. The van der Waals surface area contributed by atoms with E-state index in [1.54, 1.807) is 12.1 Å². The SMILES string of the molecule is COC(=O)c1ccc(CCc2ccc(NC(=O)c3c(NC(=O)c4cccc(CN[C@H](C)C(C)C)c4)sc4c3CCCC4)cc2)cc1. The Labute approximate surface area is 275 Å². The molecule has 7 nitrogen and oxygen atoms in total. The number of hydrogen-bond acceptors (Lipinski definition) is 6. The molecule has 0 spiro atoms. The van der Waals surface area contributed by atoms with Gasteiger partial charge in [0, 0.05) is 28.7 Å². The van der Waals surface area contributed by atoms with E-state index in [0.717, 1.165) is 60.8 Å². The molecule has 8 heteroatoms. The Morgan fingerprint density at radius 3 is 2.13 bits per heavy atom. The summed E-state index contributed by atoms with van der Waals surface area (Å²) in [6.45, 7) is 7.22. The van der Waals surface area contributed by atoms with Crippen LogP contribution in [0, 0.1) is 5.92 Å². The Balaban J connectivity index is 1.25. The number of methoxy groups -OCH3 is 1. The Bertz CT molecular complexity index is 1680. The molecule has 0 saturated heterocycles. The van der Waals surface area contributed by atoms with Crippen LogP contribution in [-0.4, -0.2) is 30.9 Å². The van der Waals surface area contributed by atoms with E-state index in [9.17, 15) is 14.4 Å². The Kier molecular flexibility index (Phi) is 11.0. The van der Waals surface area contributed by atoms with Crippen molar-refractivity contribution in [2.24, 2.45) is 5.92 Å². The molecular formula is C38H43N3O4S. The molecule has 1 aliphatic rings. The quantitative estimate of drug-likeness (QED) is 0.138. The van der Waals surface area contributed by atoms with Crippen LogP contribution < -0.4 is 16.0 Å². The van der Waals surface area contributed by atoms with Gasteiger partial charge in [0.1, 0.15) is 5.00 Å². The summed E-state index contributed by atoms with van der Waals surface area (Å²) < 4.78 is 4.77. The molecule has 0 radical (unpaired) electrons. The number of ether oxygens (including phenoxy) is 1. The van der Waals surface area contributed by atoms with Crippen LogP contribution in [0.5, 0.6) is 0 Å². The molecule has 4 aromatic rings. The van der Waals surface area contributed by atoms with Crippen LogP contribution in [0.3, 0.4) is 0 Å². The Hall–Kier alpha value is -4.27. The zero-order valence-electron chi connectivity index (χ0n) is 27.1. The van der Waals surface area contributed by atoms with E-state index in [2.05, 4.69) is 36.7 Å². The Morgan fingerprint density at radius 1 is 0.783 bits per heavy atom. The summed E-state index contributed by atoms with van der Waals surface area (Å²) >= 11 is 1.53. The molecule has 3 N–H and O–H groups in total. The molecule has 3 aromatic carbocycles. The lowest BCUT2D eigenvalue weighted by Gasteiger charge is -2.17. The minimum absolute atomic E-state index is 0.200. The molecule has 5 rings (SSSR count). The van der Waals surface area contributed by atoms with Gasteiger partial charge in [-0.15, -0.1) is 11.3 Å². The standard InChI is InChI=1S/C38H43N3O4S/c1-24(2)25(3)39-23-28-8-7-9-30(22-28)35(42)41-37-34(32-10-5-6-11-33(32)46-37)36(43)40-31-20-16-27(17-21-31)13-12-26-14-18-29(19-15-26)38(44)45-4/h7-9,14-22,24-25,39H,5-6,10-13,23H2,1-4H3,(H,40,43)(H,41,42)/t25-/m1/s1. The molecule has 240 valence electrons. The van der Waals surface area contributed by atoms with Crippen molar-refractivity contribution in [2.45, 2.75) is 71.9 Å². The number of rotatable bonds is 12. The van der Waals surface area contributed by atoms with Crippen molar-refractivity contribution in [3.05, 3.63) is 117 Å². The van der Waals surface area contributed by atoms with Crippen molar-refractivity contribution < 1.29 is 19.1 Å². The first kappa shape index (κ1) is 33.1. The van der Waals surface area contributed by atoms with Crippen LogP contribution >= 0.6 is 11.3 Å². The normalized spacial score (nSPS) is 13.2. The summed E-state index contributed by atoms with van der Waals surface area (Å²) in [6, 6.07) is 23.4. The molecule has 0 saturated carbocycles. The fourth-order valence-electron chi connectivity index (χ4n) is 5.57. The van der Waals surface area contributed by atoms with Crippen molar-refractivity contribution in [1.82, 2.24) is 5.32 Å². The van der Waals surface area contributed by atoms with Gasteiger partial charge in [0.25, 0.3) is 11.8 Å². The average Bonchev–Trinajstić information content (AvgIpc) is 3.44. The number of fused-ring (bicyclic) bond motifs is 1. The fraction of sp³-hybridized carbons (Fsp3) is 0.342. The predicted octanol–water partition coefficient (Wildman–Crippen LogP) is 7.84. The molecule has 1 heterocycles. The smallest absolute Gasteiger partial charge is 0.337 e. The number of hydrogen-bond donors (Lipinski definition) is 3. The minimum atomic E-state index is -0.341. The first-order valence-electron chi connectivity index (χ1n) is 16.1. The van der Waals surface area contributed by atoms with Gasteiger partial charge in [-0.25, -0.2) is 4.79 Å². The zero-order valence-corrected chi connectivity index (χ0v) is 27.9. The number of nitrogens with one attached hydrogen (secondary N) is 3. The van der Waals surface area contributed by atoms with Crippen molar-refractivity contribution >= 4 is 39.8 Å². The number of carbonyl (C=O) groups is 3. The van der Waals surface area contributed by atoms with Crippen molar-refractivity contribution in [2.75, 3.05) is 17.7 Å². The molecular weight excluding hydrogens is 595 g/mol. The highest BCUT2D eigenvalue weighted by Gasteiger charge is 2.27. The van der Waals surface area contributed by atoms with E-state index in [0.29, 0.717) is 45.9 Å². The lowest BCUT2D eigenvalue weighted by molar-refractivity contribution is 0.0600. The third-order valence-corrected chi connectivity index (χ3v) is 9.94. The average molecular weight is 638 g/mol. The van der Waals surface area contributed by atoms with Gasteiger partial charge in [-0.3, -0.25) is 9.59 Å². The molecule has 1 aromatic heterocycles. The Morgan fingerprint density at radius 2 is 1.46 bits per heavy atom. The minimum Gasteiger partial charge on any atom is -0.465 e. The summed E-state index contributed by atoms with van der Waals surface area (Å²) in [5, 5.41) is 10.3. The van der Waals surface area contributed by atoms with E-state index >= 15 is 0 Å². The molecule has 0 unspecified atom stereocenters. The van der Waals surface area contributed by atoms with Crippen LogP contribution in [0.15, 0.2) is 72.8 Å². The molecule has 0 bridgehead atoms. The lowest BCUT2D eigenvalue weighted by atomic mass is 9.95. The molecule has 0 aliphatic heterocycles. The summed E-state index contributed by atoms with van der Waals surface area (Å²) in [5.74, 6) is -0.236. The maximum Gasteiger partial charge on any atom is 0.337 e. The largest absolute Gasteiger partial charge is 0.465 e. The highest BCUT2D eigenvalue weighted by molar-refractivity contribution is 7.17. The summed E-state index contributed by atoms with van der Waals surface area (Å²) in [4.78, 5) is 40.0. The van der Waals surface area contributed by atoms with Crippen molar-refractivity contribution in [1.29, 1.82) is 0 Å². The molecule has 1 atom stereocenters. The van der Waals surface area contributed by atoms with Crippen molar-refractivity contribution in [3.8, 4) is 0 Å². The van der Waals surface area contributed by atoms with E-state index in [-0.39, 0.29) is 17.8 Å². The van der Waals surface area contributed by atoms with Gasteiger partial charge < -0.3 is 20.7 Å². The fourth-order valence-corrected chi connectivity index (χ4v) is 6.85. The maximum atomic E-state index is 13.7. The first-order valence-corrected chi connectivity index (χ1v) is 16.9. The number of thiophene rings is 1. The molecule has 46 heavy (non-hydrogen) atoms. The zero-order chi connectivity index (χ0) is 32.6. The predicted molar refractivity (Wildman–Crippen MR) is 186 cm³/mol. The van der Waals surface area contributed by atoms with Gasteiger partial charge in [-0.2, -0.15) is 0 Å². The van der Waals surface area contributed by atoms with Crippen molar-refractivity contribution in [3.63, 3.8) is 0 Å². The van der Waals surface area contributed by atoms with Crippen LogP contribution in [0.1, 0.15) is 91.8 Å². The molecule has 1 aliphatic carbocycles. The second-order valence-corrected chi connectivity index (χ2v) is 13.4. The van der Waals surface area contributed by atoms with Gasteiger partial charge in [-0.05, 0) is 110 Å². The topological polar surface area (TPSA) is 96.5 Å². The first-order chi connectivity index (χ1) is 22.2. The number of anilines is 2. The second-order valence-electron chi connectivity index (χ2n) is 12.3. The number of carbonyl (C=O) groups excluding carboxylic acids is 3. The van der Waals surface area contributed by atoms with Crippen LogP contribution in [0.2, 0.25) is 0 Å².